The molecule has 0 unspecified atom stereocenters. The number of amides is 1. The zero-order valence-electron chi connectivity index (χ0n) is 19.7. The maximum absolute atomic E-state index is 13.0. The van der Waals surface area contributed by atoms with E-state index in [1.165, 1.54) is 13.3 Å². The normalized spacial score (nSPS) is 16.3. The number of fused-ring (bicyclic) bond motifs is 1. The van der Waals surface area contributed by atoms with Crippen molar-refractivity contribution in [2.24, 2.45) is 0 Å². The molecule has 0 aromatic carbocycles. The first kappa shape index (κ1) is 24.6. The summed E-state index contributed by atoms with van der Waals surface area (Å²) in [6, 6.07) is 5.27. The van der Waals surface area contributed by atoms with Gasteiger partial charge in [0.05, 0.1) is 25.0 Å². The molecule has 35 heavy (non-hydrogen) atoms. The molecule has 182 valence electrons. The Balaban J connectivity index is 1.57. The van der Waals surface area contributed by atoms with Crippen molar-refractivity contribution in [2.45, 2.75) is 45.3 Å². The molecule has 1 amide bonds. The molecule has 10 nitrogen and oxygen atoms in total. The number of aromatic nitrogens is 4. The first-order valence-electron chi connectivity index (χ1n) is 11.2. The summed E-state index contributed by atoms with van der Waals surface area (Å²) in [6.07, 6.45) is 3.53. The number of nitriles is 1. The minimum atomic E-state index is -0.427. The number of methoxy groups -OCH3 is 1. The monoisotopic (exact) mass is 496 g/mol. The van der Waals surface area contributed by atoms with Crippen LogP contribution in [0.3, 0.4) is 0 Å². The summed E-state index contributed by atoms with van der Waals surface area (Å²) in [4.78, 5) is 35.0. The maximum atomic E-state index is 13.0. The largest absolute Gasteiger partial charge is 0.480 e. The van der Waals surface area contributed by atoms with Crippen LogP contribution in [0.2, 0.25) is 5.15 Å². The Morgan fingerprint density at radius 3 is 2.77 bits per heavy atom. The lowest BCUT2D eigenvalue weighted by Crippen LogP contribution is -2.28. The molecule has 0 N–H and O–H groups in total. The minimum Gasteiger partial charge on any atom is -0.480 e. The van der Waals surface area contributed by atoms with Gasteiger partial charge in [-0.2, -0.15) is 10.4 Å². The summed E-state index contributed by atoms with van der Waals surface area (Å²) in [5.74, 6) is 0.155. The van der Waals surface area contributed by atoms with Crippen molar-refractivity contribution in [3.8, 4) is 11.9 Å². The fourth-order valence-corrected chi connectivity index (χ4v) is 4.52. The van der Waals surface area contributed by atoms with Gasteiger partial charge < -0.3 is 14.4 Å². The van der Waals surface area contributed by atoms with Crippen LogP contribution in [0.4, 0.5) is 0 Å². The van der Waals surface area contributed by atoms with Gasteiger partial charge in [0.15, 0.2) is 10.8 Å². The van der Waals surface area contributed by atoms with E-state index in [1.807, 2.05) is 13.0 Å². The summed E-state index contributed by atoms with van der Waals surface area (Å²) < 4.78 is 13.0. The van der Waals surface area contributed by atoms with Gasteiger partial charge in [-0.05, 0) is 25.0 Å². The number of ketones is 1. The first-order valence-corrected chi connectivity index (χ1v) is 11.6. The Kier molecular flexibility index (Phi) is 7.28. The van der Waals surface area contributed by atoms with Gasteiger partial charge in [0.1, 0.15) is 17.4 Å². The SMILES string of the molecule is COc1ncc(CC(=O)Cc2cnc3cc(Cl)nn3c2[C@H](C)O[C@H]2CCN(C(C)=O)C2)cc1C#N. The molecule has 4 heterocycles. The minimum absolute atomic E-state index is 0.0211. The highest BCUT2D eigenvalue weighted by atomic mass is 35.5. The Morgan fingerprint density at radius 2 is 2.09 bits per heavy atom. The summed E-state index contributed by atoms with van der Waals surface area (Å²) in [6.45, 7) is 4.61. The van der Waals surface area contributed by atoms with Crippen molar-refractivity contribution < 1.29 is 19.1 Å². The second-order valence-corrected chi connectivity index (χ2v) is 8.85. The molecule has 0 saturated carbocycles. The second kappa shape index (κ2) is 10.4. The molecule has 0 aliphatic carbocycles. The first-order chi connectivity index (χ1) is 16.8. The maximum Gasteiger partial charge on any atom is 0.231 e. The van der Waals surface area contributed by atoms with E-state index in [0.29, 0.717) is 35.6 Å². The summed E-state index contributed by atoms with van der Waals surface area (Å²) in [5.41, 5.74) is 2.78. The fourth-order valence-electron chi connectivity index (χ4n) is 4.34. The lowest BCUT2D eigenvalue weighted by molar-refractivity contribution is -0.128. The second-order valence-electron chi connectivity index (χ2n) is 8.46. The average Bonchev–Trinajstić information content (AvgIpc) is 3.44. The van der Waals surface area contributed by atoms with Crippen molar-refractivity contribution in [3.05, 3.63) is 52.1 Å². The van der Waals surface area contributed by atoms with Gasteiger partial charge in [-0.15, -0.1) is 0 Å². The van der Waals surface area contributed by atoms with Crippen molar-refractivity contribution in [2.75, 3.05) is 20.2 Å². The molecule has 11 heteroatoms. The molecule has 0 bridgehead atoms. The number of halogens is 1. The van der Waals surface area contributed by atoms with Crippen molar-refractivity contribution >= 4 is 28.9 Å². The number of Topliss-reactive ketones (excluding diaryl/α,β-unsaturated/α-hetero) is 1. The molecule has 1 aliphatic rings. The van der Waals surface area contributed by atoms with Crippen LogP contribution in [0.25, 0.3) is 5.65 Å². The van der Waals surface area contributed by atoms with E-state index in [9.17, 15) is 14.9 Å². The van der Waals surface area contributed by atoms with Gasteiger partial charge in [0.25, 0.3) is 0 Å². The lowest BCUT2D eigenvalue weighted by atomic mass is 10.0. The zero-order valence-corrected chi connectivity index (χ0v) is 20.4. The van der Waals surface area contributed by atoms with E-state index in [4.69, 9.17) is 21.1 Å². The van der Waals surface area contributed by atoms with E-state index in [2.05, 4.69) is 15.1 Å². The predicted octanol–water partition coefficient (Wildman–Crippen LogP) is 2.71. The highest BCUT2D eigenvalue weighted by Gasteiger charge is 2.29. The van der Waals surface area contributed by atoms with Crippen LogP contribution in [0, 0.1) is 11.3 Å². The van der Waals surface area contributed by atoms with Gasteiger partial charge in [0.2, 0.25) is 11.8 Å². The number of pyridine rings is 1. The van der Waals surface area contributed by atoms with Crippen LogP contribution in [-0.4, -0.2) is 62.5 Å². The van der Waals surface area contributed by atoms with Gasteiger partial charge in [0, 0.05) is 56.9 Å². The number of hydrogen-bond donors (Lipinski definition) is 0. The van der Waals surface area contributed by atoms with Crippen LogP contribution in [0.15, 0.2) is 24.5 Å². The average molecular weight is 497 g/mol. The van der Waals surface area contributed by atoms with Gasteiger partial charge in [-0.3, -0.25) is 9.59 Å². The molecule has 4 rings (SSSR count). The number of carbonyl (C=O) groups excluding carboxylic acids is 2. The molecule has 0 radical (unpaired) electrons. The number of nitrogens with zero attached hydrogens (tertiary/aromatic N) is 6. The van der Waals surface area contributed by atoms with E-state index in [-0.39, 0.29) is 47.2 Å². The van der Waals surface area contributed by atoms with Crippen molar-refractivity contribution in [1.29, 1.82) is 5.26 Å². The quantitative estimate of drug-likeness (QED) is 0.466. The highest BCUT2D eigenvalue weighted by molar-refractivity contribution is 6.29. The molecule has 3 aromatic rings. The molecule has 0 spiro atoms. The Morgan fingerprint density at radius 1 is 1.29 bits per heavy atom. The summed E-state index contributed by atoms with van der Waals surface area (Å²) >= 11 is 6.14. The number of likely N-dealkylation sites (tertiary alicyclic amines) is 1. The Labute approximate surface area is 207 Å². The molecule has 3 aromatic heterocycles. The lowest BCUT2D eigenvalue weighted by Gasteiger charge is -2.22. The fraction of sp³-hybridized carbons (Fsp3) is 0.417. The van der Waals surface area contributed by atoms with E-state index >= 15 is 0 Å². The Hall–Kier alpha value is -3.55. The van der Waals surface area contributed by atoms with Crippen LogP contribution in [0.1, 0.15) is 48.8 Å². The number of hydrogen-bond acceptors (Lipinski definition) is 8. The van der Waals surface area contributed by atoms with Crippen LogP contribution >= 0.6 is 11.6 Å². The van der Waals surface area contributed by atoms with Crippen molar-refractivity contribution in [1.82, 2.24) is 24.5 Å². The Bertz CT molecular complexity index is 1320. The van der Waals surface area contributed by atoms with Crippen LogP contribution < -0.4 is 4.74 Å². The highest BCUT2D eigenvalue weighted by Crippen LogP contribution is 2.28. The molecule has 1 fully saturated rings. The molecule has 1 aliphatic heterocycles. The third kappa shape index (κ3) is 5.42. The predicted molar refractivity (Wildman–Crippen MR) is 126 cm³/mol. The van der Waals surface area contributed by atoms with E-state index in [1.54, 1.807) is 34.7 Å². The zero-order chi connectivity index (χ0) is 25.1. The summed E-state index contributed by atoms with van der Waals surface area (Å²) in [7, 11) is 1.44. The number of rotatable bonds is 8. The molecular formula is C24H25ClN6O4. The smallest absolute Gasteiger partial charge is 0.231 e. The van der Waals surface area contributed by atoms with Crippen LogP contribution in [-0.2, 0) is 27.2 Å². The topological polar surface area (TPSA) is 123 Å². The van der Waals surface area contributed by atoms with Crippen molar-refractivity contribution in [3.63, 3.8) is 0 Å². The third-order valence-electron chi connectivity index (χ3n) is 5.95. The molecule has 1 saturated heterocycles. The van der Waals surface area contributed by atoms with E-state index < -0.39 is 6.10 Å². The number of ether oxygens (including phenoxy) is 2. The van der Waals surface area contributed by atoms with Gasteiger partial charge in [-0.25, -0.2) is 14.5 Å². The third-order valence-corrected chi connectivity index (χ3v) is 6.14. The standard InChI is InChI=1S/C24H25ClN6O4/c1-14(35-20-4-5-30(13-20)15(2)32)23-18(12-27-22-9-21(25)29-31(22)23)8-19(33)7-16-6-17(10-26)24(34-3)28-11-16/h6,9,11-12,14,20H,4-5,7-8,13H2,1-3H3/t14-,20-/m0/s1. The van der Waals surface area contributed by atoms with Gasteiger partial charge in [-0.1, -0.05) is 11.6 Å². The van der Waals surface area contributed by atoms with Gasteiger partial charge >= 0.3 is 0 Å². The molecular weight excluding hydrogens is 472 g/mol. The summed E-state index contributed by atoms with van der Waals surface area (Å²) in [5, 5.41) is 13.9. The number of carbonyl (C=O) groups is 2. The van der Waals surface area contributed by atoms with E-state index in [0.717, 1.165) is 6.42 Å². The molecule has 2 atom stereocenters. The van der Waals surface area contributed by atoms with Crippen LogP contribution in [0.5, 0.6) is 5.88 Å².